The van der Waals surface area contributed by atoms with Gasteiger partial charge in [0.15, 0.2) is 0 Å². The van der Waals surface area contributed by atoms with Gasteiger partial charge in [-0.05, 0) is 49.9 Å². The van der Waals surface area contributed by atoms with Crippen molar-refractivity contribution in [2.24, 2.45) is 5.92 Å². The molecular weight excluding hydrogens is 208 g/mol. The molecule has 94 valence electrons. The fourth-order valence-corrected chi connectivity index (χ4v) is 2.55. The standard InChI is InChI=1S/C15H24N2/c1-13-4-3-10-17(11-9-13)15-7-5-14(6-8-15)12-16-2/h5-8,13,16H,3-4,9-12H2,1-2H3. The maximum atomic E-state index is 3.19. The van der Waals surface area contributed by atoms with Gasteiger partial charge >= 0.3 is 0 Å². The van der Waals surface area contributed by atoms with Crippen LogP contribution in [0.1, 0.15) is 31.7 Å². The molecule has 2 nitrogen and oxygen atoms in total. The minimum Gasteiger partial charge on any atom is -0.372 e. The third-order valence-corrected chi connectivity index (χ3v) is 3.70. The smallest absolute Gasteiger partial charge is 0.0366 e. The van der Waals surface area contributed by atoms with Crippen LogP contribution in [0.2, 0.25) is 0 Å². The van der Waals surface area contributed by atoms with Gasteiger partial charge in [0.1, 0.15) is 0 Å². The Kier molecular flexibility index (Phi) is 4.43. The van der Waals surface area contributed by atoms with E-state index < -0.39 is 0 Å². The van der Waals surface area contributed by atoms with Crippen molar-refractivity contribution in [1.29, 1.82) is 0 Å². The molecule has 0 radical (unpaired) electrons. The van der Waals surface area contributed by atoms with Crippen molar-refractivity contribution >= 4 is 5.69 Å². The average molecular weight is 232 g/mol. The second kappa shape index (κ2) is 6.06. The van der Waals surface area contributed by atoms with E-state index in [-0.39, 0.29) is 0 Å². The van der Waals surface area contributed by atoms with Gasteiger partial charge < -0.3 is 10.2 Å². The topological polar surface area (TPSA) is 15.3 Å². The minimum atomic E-state index is 0.892. The van der Waals surface area contributed by atoms with Crippen LogP contribution in [0.5, 0.6) is 0 Å². The van der Waals surface area contributed by atoms with E-state index in [4.69, 9.17) is 0 Å². The zero-order valence-corrected chi connectivity index (χ0v) is 11.1. The van der Waals surface area contributed by atoms with Crippen LogP contribution in [0.4, 0.5) is 5.69 Å². The van der Waals surface area contributed by atoms with Gasteiger partial charge in [-0.2, -0.15) is 0 Å². The lowest BCUT2D eigenvalue weighted by Gasteiger charge is -2.23. The number of anilines is 1. The molecule has 1 heterocycles. The van der Waals surface area contributed by atoms with Crippen molar-refractivity contribution in [3.8, 4) is 0 Å². The third kappa shape index (κ3) is 3.47. The normalized spacial score (nSPS) is 21.3. The van der Waals surface area contributed by atoms with E-state index in [1.807, 2.05) is 7.05 Å². The highest BCUT2D eigenvalue weighted by Crippen LogP contribution is 2.22. The predicted molar refractivity (Wildman–Crippen MR) is 74.4 cm³/mol. The lowest BCUT2D eigenvalue weighted by Crippen LogP contribution is -2.24. The quantitative estimate of drug-likeness (QED) is 0.861. The summed E-state index contributed by atoms with van der Waals surface area (Å²) >= 11 is 0. The molecule has 1 atom stereocenters. The summed E-state index contributed by atoms with van der Waals surface area (Å²) < 4.78 is 0. The Bertz CT molecular complexity index is 331. The van der Waals surface area contributed by atoms with Gasteiger partial charge in [0.25, 0.3) is 0 Å². The first kappa shape index (κ1) is 12.4. The summed E-state index contributed by atoms with van der Waals surface area (Å²) in [6.07, 6.45) is 4.05. The predicted octanol–water partition coefficient (Wildman–Crippen LogP) is 3.03. The van der Waals surface area contributed by atoms with Crippen LogP contribution in [-0.4, -0.2) is 20.1 Å². The monoisotopic (exact) mass is 232 g/mol. The molecule has 0 aromatic heterocycles. The molecule has 1 N–H and O–H groups in total. The summed E-state index contributed by atoms with van der Waals surface area (Å²) in [5.74, 6) is 0.892. The summed E-state index contributed by atoms with van der Waals surface area (Å²) in [6, 6.07) is 9.01. The zero-order valence-electron chi connectivity index (χ0n) is 11.1. The van der Waals surface area contributed by atoms with Gasteiger partial charge in [-0.25, -0.2) is 0 Å². The Morgan fingerprint density at radius 3 is 2.65 bits per heavy atom. The molecule has 1 fully saturated rings. The Balaban J connectivity index is 2.00. The number of benzene rings is 1. The Labute approximate surface area is 105 Å². The van der Waals surface area contributed by atoms with E-state index in [0.717, 1.165) is 12.5 Å². The fourth-order valence-electron chi connectivity index (χ4n) is 2.55. The van der Waals surface area contributed by atoms with Crippen molar-refractivity contribution < 1.29 is 0 Å². The van der Waals surface area contributed by atoms with Crippen LogP contribution in [0.15, 0.2) is 24.3 Å². The van der Waals surface area contributed by atoms with Crippen molar-refractivity contribution in [2.45, 2.75) is 32.7 Å². The number of hydrogen-bond donors (Lipinski definition) is 1. The number of hydrogen-bond acceptors (Lipinski definition) is 2. The molecule has 1 aliphatic rings. The SMILES string of the molecule is CNCc1ccc(N2CCCC(C)CC2)cc1. The molecule has 1 aromatic carbocycles. The molecular formula is C15H24N2. The lowest BCUT2D eigenvalue weighted by molar-refractivity contribution is 0.521. The molecule has 0 aliphatic carbocycles. The molecule has 1 aliphatic heterocycles. The highest BCUT2D eigenvalue weighted by molar-refractivity contribution is 5.47. The first-order valence-electron chi connectivity index (χ1n) is 6.78. The maximum absolute atomic E-state index is 3.19. The van der Waals surface area contributed by atoms with Crippen LogP contribution < -0.4 is 10.2 Å². The lowest BCUT2D eigenvalue weighted by atomic mass is 10.0. The van der Waals surface area contributed by atoms with Crippen LogP contribution in [-0.2, 0) is 6.54 Å². The molecule has 0 bridgehead atoms. The van der Waals surface area contributed by atoms with E-state index >= 15 is 0 Å². The molecule has 2 heteroatoms. The number of nitrogens with one attached hydrogen (secondary N) is 1. The summed E-state index contributed by atoms with van der Waals surface area (Å²) in [6.45, 7) is 5.76. The van der Waals surface area contributed by atoms with Gasteiger partial charge in [0, 0.05) is 25.3 Å². The minimum absolute atomic E-state index is 0.892. The third-order valence-electron chi connectivity index (χ3n) is 3.70. The van der Waals surface area contributed by atoms with Crippen LogP contribution in [0.3, 0.4) is 0 Å². The molecule has 0 saturated carbocycles. The summed E-state index contributed by atoms with van der Waals surface area (Å²) in [4.78, 5) is 2.53. The highest BCUT2D eigenvalue weighted by Gasteiger charge is 2.13. The van der Waals surface area contributed by atoms with Gasteiger partial charge in [-0.15, -0.1) is 0 Å². The van der Waals surface area contributed by atoms with E-state index in [9.17, 15) is 0 Å². The fraction of sp³-hybridized carbons (Fsp3) is 0.600. The van der Waals surface area contributed by atoms with Gasteiger partial charge in [0.2, 0.25) is 0 Å². The van der Waals surface area contributed by atoms with E-state index in [2.05, 4.69) is 41.4 Å². The first-order valence-corrected chi connectivity index (χ1v) is 6.78. The van der Waals surface area contributed by atoms with Crippen molar-refractivity contribution in [3.63, 3.8) is 0 Å². The summed E-state index contributed by atoms with van der Waals surface area (Å²) in [5, 5.41) is 3.19. The largest absolute Gasteiger partial charge is 0.372 e. The van der Waals surface area contributed by atoms with Crippen molar-refractivity contribution in [1.82, 2.24) is 5.32 Å². The number of rotatable bonds is 3. The van der Waals surface area contributed by atoms with Crippen LogP contribution in [0.25, 0.3) is 0 Å². The Morgan fingerprint density at radius 2 is 1.94 bits per heavy atom. The maximum Gasteiger partial charge on any atom is 0.0366 e. The Morgan fingerprint density at radius 1 is 1.18 bits per heavy atom. The summed E-state index contributed by atoms with van der Waals surface area (Å²) in [7, 11) is 1.99. The molecule has 1 unspecified atom stereocenters. The Hall–Kier alpha value is -1.02. The molecule has 1 aromatic rings. The van der Waals surface area contributed by atoms with Gasteiger partial charge in [-0.3, -0.25) is 0 Å². The van der Waals surface area contributed by atoms with E-state index in [0.29, 0.717) is 0 Å². The summed E-state index contributed by atoms with van der Waals surface area (Å²) in [5.41, 5.74) is 2.75. The second-order valence-electron chi connectivity index (χ2n) is 5.22. The van der Waals surface area contributed by atoms with Crippen LogP contribution in [0, 0.1) is 5.92 Å². The number of nitrogens with zero attached hydrogens (tertiary/aromatic N) is 1. The molecule has 1 saturated heterocycles. The first-order chi connectivity index (χ1) is 8.29. The molecule has 2 rings (SSSR count). The molecule has 0 amide bonds. The average Bonchev–Trinajstić information content (AvgIpc) is 2.56. The van der Waals surface area contributed by atoms with E-state index in [1.165, 1.54) is 43.6 Å². The highest BCUT2D eigenvalue weighted by atomic mass is 15.1. The second-order valence-corrected chi connectivity index (χ2v) is 5.22. The molecule has 0 spiro atoms. The van der Waals surface area contributed by atoms with Gasteiger partial charge in [0.05, 0.1) is 0 Å². The zero-order chi connectivity index (χ0) is 12.1. The van der Waals surface area contributed by atoms with Crippen LogP contribution >= 0.6 is 0 Å². The molecule has 17 heavy (non-hydrogen) atoms. The van der Waals surface area contributed by atoms with Gasteiger partial charge in [-0.1, -0.05) is 19.1 Å². The van der Waals surface area contributed by atoms with Crippen molar-refractivity contribution in [2.75, 3.05) is 25.0 Å². The van der Waals surface area contributed by atoms with Crippen molar-refractivity contribution in [3.05, 3.63) is 29.8 Å². The van der Waals surface area contributed by atoms with E-state index in [1.54, 1.807) is 0 Å².